The van der Waals surface area contributed by atoms with E-state index in [2.05, 4.69) is 5.53 Å². The first-order valence-corrected chi connectivity index (χ1v) is 4.43. The summed E-state index contributed by atoms with van der Waals surface area (Å²) in [6.07, 6.45) is 1.88. The number of hydrogen-bond donors (Lipinski definition) is 1. The number of hydrogen-bond acceptors (Lipinski definition) is 5. The molecule has 75 valence electrons. The number of ether oxygens (including phenoxy) is 1. The van der Waals surface area contributed by atoms with Crippen LogP contribution in [0.3, 0.4) is 0 Å². The number of hydrazine groups is 3. The molecule has 0 aliphatic carbocycles. The van der Waals surface area contributed by atoms with E-state index >= 15 is 0 Å². The highest BCUT2D eigenvalue weighted by molar-refractivity contribution is 4.77. The lowest BCUT2D eigenvalue weighted by Crippen LogP contribution is -2.46. The Morgan fingerprint density at radius 1 is 1.46 bits per heavy atom. The predicted octanol–water partition coefficient (Wildman–Crippen LogP) is 0.0532. The molecule has 6 heteroatoms. The van der Waals surface area contributed by atoms with E-state index in [-0.39, 0.29) is 0 Å². The summed E-state index contributed by atoms with van der Waals surface area (Å²) in [7, 11) is 1.78. The average Bonchev–Trinajstić information content (AvgIpc) is 2.47. The summed E-state index contributed by atoms with van der Waals surface area (Å²) in [4.78, 5) is 0. The third-order valence-electron chi connectivity index (χ3n) is 2.37. The molecule has 0 aromatic rings. The van der Waals surface area contributed by atoms with E-state index < -0.39 is 0 Å². The van der Waals surface area contributed by atoms with Gasteiger partial charge in [-0.3, -0.25) is 0 Å². The predicted molar refractivity (Wildman–Crippen MR) is 43.8 cm³/mol. The minimum atomic E-state index is 0.340. The molecule has 2 fully saturated rings. The smallest absolute Gasteiger partial charge is 0.158 e. The topological polar surface area (TPSA) is 31.0 Å². The second-order valence-electron chi connectivity index (χ2n) is 3.27. The second kappa shape index (κ2) is 3.85. The van der Waals surface area contributed by atoms with Crippen LogP contribution in [0.4, 0.5) is 4.48 Å². The molecule has 13 heavy (non-hydrogen) atoms. The maximum atomic E-state index is 12.7. The standard InChI is InChI=1S/C7H14FN4O/c1-10-9-12(8)6-11(10)7-2-4-13-5-3-7/h6-7,9H,2-5H2,1H3. The Morgan fingerprint density at radius 2 is 2.15 bits per heavy atom. The van der Waals surface area contributed by atoms with E-state index in [1.54, 1.807) is 12.2 Å². The lowest BCUT2D eigenvalue weighted by Gasteiger charge is -2.32. The molecular weight excluding hydrogens is 175 g/mol. The molecule has 2 heterocycles. The number of halogens is 1. The Hall–Kier alpha value is -0.270. The van der Waals surface area contributed by atoms with E-state index in [0.717, 1.165) is 26.1 Å². The van der Waals surface area contributed by atoms with Crippen molar-refractivity contribution in [2.75, 3.05) is 20.3 Å². The third kappa shape index (κ3) is 1.97. The van der Waals surface area contributed by atoms with Crippen molar-refractivity contribution < 1.29 is 9.22 Å². The largest absolute Gasteiger partial charge is 0.381 e. The summed E-state index contributed by atoms with van der Waals surface area (Å²) in [6.45, 7) is 2.93. The minimum Gasteiger partial charge on any atom is -0.381 e. The first-order chi connectivity index (χ1) is 6.27. The Kier molecular flexibility index (Phi) is 2.75. The maximum Gasteiger partial charge on any atom is 0.158 e. The van der Waals surface area contributed by atoms with Crippen LogP contribution in [0, 0.1) is 6.67 Å². The molecule has 0 spiro atoms. The van der Waals surface area contributed by atoms with Crippen molar-refractivity contribution >= 4 is 0 Å². The Bertz CT molecular complexity index is 176. The van der Waals surface area contributed by atoms with Gasteiger partial charge in [0.2, 0.25) is 0 Å². The zero-order valence-corrected chi connectivity index (χ0v) is 7.61. The van der Waals surface area contributed by atoms with Crippen molar-refractivity contribution in [3.63, 3.8) is 0 Å². The summed E-state index contributed by atoms with van der Waals surface area (Å²) < 4.78 is 18.0. The van der Waals surface area contributed by atoms with Gasteiger partial charge in [-0.15, -0.1) is 10.0 Å². The molecule has 2 aliphatic heterocycles. The fourth-order valence-corrected chi connectivity index (χ4v) is 1.69. The molecular formula is C7H14FN4O. The van der Waals surface area contributed by atoms with Gasteiger partial charge in [0.05, 0.1) is 0 Å². The second-order valence-corrected chi connectivity index (χ2v) is 3.27. The summed E-state index contributed by atoms with van der Waals surface area (Å²) in [6, 6.07) is 0.340. The van der Waals surface area contributed by atoms with Crippen molar-refractivity contribution in [1.29, 1.82) is 0 Å². The highest BCUT2D eigenvalue weighted by Gasteiger charge is 2.32. The molecule has 0 aromatic carbocycles. The molecule has 5 nitrogen and oxygen atoms in total. The van der Waals surface area contributed by atoms with Gasteiger partial charge in [-0.1, -0.05) is 0 Å². The molecule has 2 saturated heterocycles. The van der Waals surface area contributed by atoms with Gasteiger partial charge in [0, 0.05) is 26.3 Å². The van der Waals surface area contributed by atoms with Crippen LogP contribution in [0.15, 0.2) is 0 Å². The number of nitrogens with one attached hydrogen (secondary N) is 1. The van der Waals surface area contributed by atoms with E-state index in [1.807, 2.05) is 5.01 Å². The maximum absolute atomic E-state index is 12.7. The summed E-state index contributed by atoms with van der Waals surface area (Å²) in [5.74, 6) is 0. The molecule has 0 unspecified atom stereocenters. The zero-order valence-electron chi connectivity index (χ0n) is 7.61. The van der Waals surface area contributed by atoms with Crippen LogP contribution in [-0.2, 0) is 4.74 Å². The van der Waals surface area contributed by atoms with Crippen molar-refractivity contribution in [3.8, 4) is 0 Å². The summed E-state index contributed by atoms with van der Waals surface area (Å²) in [5, 5.41) is 3.94. The molecule has 0 saturated carbocycles. The lowest BCUT2D eigenvalue weighted by molar-refractivity contribution is -0.0684. The number of nitrogens with zero attached hydrogens (tertiary/aromatic N) is 3. The zero-order chi connectivity index (χ0) is 9.26. The Balaban J connectivity index is 1.91. The van der Waals surface area contributed by atoms with Crippen LogP contribution in [0.2, 0.25) is 0 Å². The quantitative estimate of drug-likeness (QED) is 0.589. The first-order valence-electron chi connectivity index (χ1n) is 4.43. The molecule has 0 amide bonds. The van der Waals surface area contributed by atoms with Gasteiger partial charge in [-0.25, -0.2) is 0 Å². The SMILES string of the molecule is CN1NN(F)[CH]N1C1CCOCC1. The molecule has 0 bridgehead atoms. The van der Waals surface area contributed by atoms with Crippen LogP contribution in [0.25, 0.3) is 0 Å². The van der Waals surface area contributed by atoms with Gasteiger partial charge in [-0.05, 0) is 18.1 Å². The van der Waals surface area contributed by atoms with Gasteiger partial charge >= 0.3 is 0 Å². The average molecular weight is 189 g/mol. The van der Waals surface area contributed by atoms with Crippen molar-refractivity contribution in [2.24, 2.45) is 0 Å². The van der Waals surface area contributed by atoms with Crippen LogP contribution >= 0.6 is 0 Å². The normalized spacial score (nSPS) is 30.0. The molecule has 0 aromatic heterocycles. The molecule has 1 N–H and O–H groups in total. The van der Waals surface area contributed by atoms with E-state index in [0.29, 0.717) is 11.3 Å². The van der Waals surface area contributed by atoms with Gasteiger partial charge in [0.1, 0.15) is 0 Å². The highest BCUT2D eigenvalue weighted by Crippen LogP contribution is 2.20. The summed E-state index contributed by atoms with van der Waals surface area (Å²) >= 11 is 0. The van der Waals surface area contributed by atoms with E-state index in [9.17, 15) is 4.48 Å². The monoisotopic (exact) mass is 189 g/mol. The van der Waals surface area contributed by atoms with Crippen molar-refractivity contribution in [3.05, 3.63) is 6.67 Å². The van der Waals surface area contributed by atoms with Gasteiger partial charge < -0.3 is 4.74 Å². The Morgan fingerprint density at radius 3 is 2.69 bits per heavy atom. The van der Waals surface area contributed by atoms with Crippen LogP contribution in [-0.4, -0.2) is 41.7 Å². The minimum absolute atomic E-state index is 0.340. The van der Waals surface area contributed by atoms with Crippen molar-refractivity contribution in [2.45, 2.75) is 18.9 Å². The van der Waals surface area contributed by atoms with Gasteiger partial charge in [0.15, 0.2) is 6.67 Å². The third-order valence-corrected chi connectivity index (χ3v) is 2.37. The number of rotatable bonds is 1. The molecule has 1 radical (unpaired) electrons. The van der Waals surface area contributed by atoms with E-state index in [4.69, 9.17) is 4.74 Å². The lowest BCUT2D eigenvalue weighted by atomic mass is 10.1. The van der Waals surface area contributed by atoms with Crippen molar-refractivity contribution in [1.82, 2.24) is 20.9 Å². The summed E-state index contributed by atoms with van der Waals surface area (Å²) in [5.41, 5.74) is 2.49. The van der Waals surface area contributed by atoms with Crippen LogP contribution in [0.1, 0.15) is 12.8 Å². The molecule has 2 rings (SSSR count). The highest BCUT2D eigenvalue weighted by atomic mass is 19.2. The van der Waals surface area contributed by atoms with E-state index in [1.165, 1.54) is 6.67 Å². The fourth-order valence-electron chi connectivity index (χ4n) is 1.69. The van der Waals surface area contributed by atoms with Crippen LogP contribution in [0.5, 0.6) is 0 Å². The Labute approximate surface area is 76.9 Å². The fraction of sp³-hybridized carbons (Fsp3) is 0.857. The van der Waals surface area contributed by atoms with Crippen LogP contribution < -0.4 is 5.53 Å². The molecule has 0 atom stereocenters. The van der Waals surface area contributed by atoms with Gasteiger partial charge in [0.25, 0.3) is 0 Å². The first kappa shape index (κ1) is 9.29. The van der Waals surface area contributed by atoms with Gasteiger partial charge in [-0.2, -0.15) is 10.1 Å². The molecule has 2 aliphatic rings.